The van der Waals surface area contributed by atoms with Crippen LogP contribution in [0.5, 0.6) is 11.5 Å². The molecule has 1 aliphatic heterocycles. The third-order valence-electron chi connectivity index (χ3n) is 7.25. The van der Waals surface area contributed by atoms with Gasteiger partial charge in [0.25, 0.3) is 0 Å². The number of benzene rings is 2. The molecule has 0 bridgehead atoms. The Hall–Kier alpha value is -3.52. The van der Waals surface area contributed by atoms with E-state index in [1.807, 2.05) is 36.4 Å². The Bertz CT molecular complexity index is 1160. The average molecular weight is 492 g/mol. The van der Waals surface area contributed by atoms with Crippen LogP contribution in [-0.2, 0) is 28.9 Å². The average Bonchev–Trinajstić information content (AvgIpc) is 3.35. The first-order valence-corrected chi connectivity index (χ1v) is 12.5. The molecule has 0 radical (unpaired) electrons. The molecule has 3 aromatic rings. The van der Waals surface area contributed by atoms with Crippen LogP contribution in [0.15, 0.2) is 48.5 Å². The molecule has 8 nitrogen and oxygen atoms in total. The van der Waals surface area contributed by atoms with Crippen LogP contribution in [0.2, 0.25) is 0 Å². The Morgan fingerprint density at radius 3 is 2.64 bits per heavy atom. The number of nitrogens with one attached hydrogen (secondary N) is 2. The van der Waals surface area contributed by atoms with Crippen molar-refractivity contribution in [1.82, 2.24) is 15.5 Å². The Kier molecular flexibility index (Phi) is 7.41. The molecule has 8 heteroatoms. The van der Waals surface area contributed by atoms with Gasteiger partial charge in [0.15, 0.2) is 0 Å². The monoisotopic (exact) mass is 491 g/mol. The maximum atomic E-state index is 12.6. The number of alkyl carbamates (subject to hydrolysis) is 1. The Morgan fingerprint density at radius 2 is 1.89 bits per heavy atom. The second-order valence-electron chi connectivity index (χ2n) is 9.43. The van der Waals surface area contributed by atoms with Crippen molar-refractivity contribution in [2.75, 3.05) is 27.4 Å². The van der Waals surface area contributed by atoms with Crippen LogP contribution in [0.3, 0.4) is 0 Å². The Morgan fingerprint density at radius 1 is 1.11 bits per heavy atom. The molecule has 1 fully saturated rings. The number of nitrogens with zero attached hydrogens (tertiary/aromatic N) is 1. The van der Waals surface area contributed by atoms with Gasteiger partial charge in [0.1, 0.15) is 18.1 Å². The highest BCUT2D eigenvalue weighted by Gasteiger charge is 2.35. The maximum absolute atomic E-state index is 12.6. The minimum atomic E-state index is -0.410. The predicted molar refractivity (Wildman–Crippen MR) is 135 cm³/mol. The van der Waals surface area contributed by atoms with Gasteiger partial charge in [0.2, 0.25) is 0 Å². The van der Waals surface area contributed by atoms with Crippen molar-refractivity contribution in [1.29, 1.82) is 0 Å². The highest BCUT2D eigenvalue weighted by Crippen LogP contribution is 2.39. The minimum Gasteiger partial charge on any atom is -0.497 e. The second-order valence-corrected chi connectivity index (χ2v) is 9.43. The molecule has 2 N–H and O–H groups in total. The standard InChI is InChI=1S/C28H33N3O5/c1-33-21-12-20(13-22(15-21)34-2)19-8-9-23-26(14-19)30-31-27(23)24-17-35-11-10-25(24)29-28(32)36-16-18-6-4-3-5-7-18/h3-7,12-13,15,19,24-25H,8-11,14,16-17H2,1-2H3,(H,29,32)(H,30,31)/t19-,24?,25?/m0/s1. The van der Waals surface area contributed by atoms with Gasteiger partial charge in [-0.3, -0.25) is 5.10 Å². The van der Waals surface area contributed by atoms with Crippen molar-refractivity contribution >= 4 is 6.09 Å². The van der Waals surface area contributed by atoms with E-state index >= 15 is 0 Å². The molecule has 5 rings (SSSR count). The molecule has 1 saturated heterocycles. The summed E-state index contributed by atoms with van der Waals surface area (Å²) in [6.45, 7) is 1.37. The first-order valence-electron chi connectivity index (χ1n) is 12.5. The molecule has 2 unspecified atom stereocenters. The zero-order valence-electron chi connectivity index (χ0n) is 20.8. The summed E-state index contributed by atoms with van der Waals surface area (Å²) in [5, 5.41) is 11.1. The van der Waals surface area contributed by atoms with Crippen LogP contribution in [-0.4, -0.2) is 49.8 Å². The maximum Gasteiger partial charge on any atom is 0.407 e. The largest absolute Gasteiger partial charge is 0.497 e. The number of carbonyl (C=O) groups excluding carboxylic acids is 1. The smallest absolute Gasteiger partial charge is 0.407 e. The van der Waals surface area contributed by atoms with Gasteiger partial charge in [-0.05, 0) is 60.4 Å². The number of carbonyl (C=O) groups is 1. The molecule has 36 heavy (non-hydrogen) atoms. The van der Waals surface area contributed by atoms with E-state index in [2.05, 4.69) is 22.5 Å². The van der Waals surface area contributed by atoms with E-state index in [0.29, 0.717) is 19.1 Å². The highest BCUT2D eigenvalue weighted by atomic mass is 16.5. The SMILES string of the molecule is COc1cc(OC)cc([C@H]2CCc3c(C4COCCC4NC(=O)OCc4ccccc4)n[nH]c3C2)c1. The third-order valence-corrected chi connectivity index (χ3v) is 7.25. The summed E-state index contributed by atoms with van der Waals surface area (Å²) in [4.78, 5) is 12.6. The van der Waals surface area contributed by atoms with Crippen LogP contribution < -0.4 is 14.8 Å². The first kappa shape index (κ1) is 24.2. The van der Waals surface area contributed by atoms with Crippen LogP contribution in [0.1, 0.15) is 52.8 Å². The number of aromatic nitrogens is 2. The van der Waals surface area contributed by atoms with E-state index in [4.69, 9.17) is 24.0 Å². The molecule has 0 spiro atoms. The first-order chi connectivity index (χ1) is 17.6. The number of aromatic amines is 1. The topological polar surface area (TPSA) is 94.7 Å². The van der Waals surface area contributed by atoms with Gasteiger partial charge in [-0.1, -0.05) is 30.3 Å². The lowest BCUT2D eigenvalue weighted by Gasteiger charge is -2.32. The molecule has 2 aliphatic rings. The zero-order valence-corrected chi connectivity index (χ0v) is 20.8. The van der Waals surface area contributed by atoms with Crippen molar-refractivity contribution in [3.8, 4) is 11.5 Å². The number of fused-ring (bicyclic) bond motifs is 1. The van der Waals surface area contributed by atoms with Crippen LogP contribution in [0.25, 0.3) is 0 Å². The fourth-order valence-corrected chi connectivity index (χ4v) is 5.28. The molecule has 3 atom stereocenters. The van der Waals surface area contributed by atoms with Crippen LogP contribution in [0, 0.1) is 0 Å². The third kappa shape index (κ3) is 5.33. The van der Waals surface area contributed by atoms with Gasteiger partial charge in [-0.15, -0.1) is 0 Å². The molecular weight excluding hydrogens is 458 g/mol. The van der Waals surface area contributed by atoms with Gasteiger partial charge in [0, 0.05) is 30.3 Å². The summed E-state index contributed by atoms with van der Waals surface area (Å²) in [5.74, 6) is 1.93. The van der Waals surface area contributed by atoms with E-state index in [0.717, 1.165) is 54.1 Å². The number of methoxy groups -OCH3 is 2. The van der Waals surface area contributed by atoms with Gasteiger partial charge < -0.3 is 24.3 Å². The quantitative estimate of drug-likeness (QED) is 0.506. The predicted octanol–water partition coefficient (Wildman–Crippen LogP) is 4.50. The summed E-state index contributed by atoms with van der Waals surface area (Å²) < 4.78 is 22.2. The number of ether oxygens (including phenoxy) is 4. The molecule has 1 aromatic heterocycles. The molecule has 190 valence electrons. The zero-order chi connectivity index (χ0) is 24.9. The molecule has 1 amide bonds. The summed E-state index contributed by atoms with van der Waals surface area (Å²) >= 11 is 0. The normalized spacial score (nSPS) is 21.3. The number of H-pyrrole nitrogens is 1. The van der Waals surface area contributed by atoms with E-state index in [9.17, 15) is 4.79 Å². The number of hydrogen-bond donors (Lipinski definition) is 2. The minimum absolute atomic E-state index is 0.0171. The lowest BCUT2D eigenvalue weighted by atomic mass is 9.80. The number of hydrogen-bond acceptors (Lipinski definition) is 6. The fourth-order valence-electron chi connectivity index (χ4n) is 5.28. The van der Waals surface area contributed by atoms with Gasteiger partial charge in [-0.25, -0.2) is 4.79 Å². The van der Waals surface area contributed by atoms with E-state index in [1.54, 1.807) is 14.2 Å². The molecule has 0 saturated carbocycles. The molecule has 1 aliphatic carbocycles. The summed E-state index contributed by atoms with van der Waals surface area (Å²) in [6, 6.07) is 15.7. The van der Waals surface area contributed by atoms with E-state index in [-0.39, 0.29) is 18.6 Å². The molecule has 2 aromatic carbocycles. The summed E-state index contributed by atoms with van der Waals surface area (Å²) in [7, 11) is 3.35. The Labute approximate surface area is 211 Å². The number of rotatable bonds is 7. The fraction of sp³-hybridized carbons (Fsp3) is 0.429. The van der Waals surface area contributed by atoms with Gasteiger partial charge >= 0.3 is 6.09 Å². The van der Waals surface area contributed by atoms with Gasteiger partial charge in [0.05, 0.1) is 26.5 Å². The lowest BCUT2D eigenvalue weighted by molar-refractivity contribution is 0.0546. The highest BCUT2D eigenvalue weighted by molar-refractivity contribution is 5.67. The van der Waals surface area contributed by atoms with E-state index in [1.165, 1.54) is 11.1 Å². The van der Waals surface area contributed by atoms with Crippen LogP contribution in [0.4, 0.5) is 4.79 Å². The van der Waals surface area contributed by atoms with Crippen LogP contribution >= 0.6 is 0 Å². The van der Waals surface area contributed by atoms with Crippen molar-refractivity contribution in [2.45, 2.75) is 50.2 Å². The van der Waals surface area contributed by atoms with Crippen molar-refractivity contribution in [2.24, 2.45) is 0 Å². The molecular formula is C28H33N3O5. The van der Waals surface area contributed by atoms with E-state index < -0.39 is 6.09 Å². The molecule has 2 heterocycles. The summed E-state index contributed by atoms with van der Waals surface area (Å²) in [5.41, 5.74) is 5.57. The summed E-state index contributed by atoms with van der Waals surface area (Å²) in [6.07, 6.45) is 3.09. The lowest BCUT2D eigenvalue weighted by Crippen LogP contribution is -2.44. The van der Waals surface area contributed by atoms with Crippen molar-refractivity contribution < 1.29 is 23.7 Å². The Balaban J connectivity index is 1.27. The van der Waals surface area contributed by atoms with Gasteiger partial charge in [-0.2, -0.15) is 5.10 Å². The second kappa shape index (κ2) is 11.0. The number of amides is 1. The van der Waals surface area contributed by atoms with Crippen molar-refractivity contribution in [3.05, 3.63) is 76.6 Å². The van der Waals surface area contributed by atoms with Crippen molar-refractivity contribution in [3.63, 3.8) is 0 Å².